The number of anilines is 1. The Morgan fingerprint density at radius 3 is 2.13 bits per heavy atom. The van der Waals surface area contributed by atoms with Gasteiger partial charge in [-0.2, -0.15) is 0 Å². The van der Waals surface area contributed by atoms with Crippen molar-refractivity contribution in [3.8, 4) is 0 Å². The van der Waals surface area contributed by atoms with Gasteiger partial charge in [0.05, 0.1) is 17.1 Å². The first-order valence-corrected chi connectivity index (χ1v) is 10.8. The Morgan fingerprint density at radius 2 is 1.57 bits per heavy atom. The molecule has 0 fully saturated rings. The molecule has 30 heavy (non-hydrogen) atoms. The number of esters is 1. The number of ether oxygens (including phenoxy) is 1. The van der Waals surface area contributed by atoms with Gasteiger partial charge in [-0.15, -0.1) is 0 Å². The monoisotopic (exact) mass is 432 g/mol. The molecule has 0 saturated heterocycles. The van der Waals surface area contributed by atoms with E-state index in [9.17, 15) is 22.8 Å². The van der Waals surface area contributed by atoms with E-state index in [1.54, 1.807) is 50.5 Å². The number of carbonyl (C=O) groups excluding carboxylic acids is 3. The molecular weight excluding hydrogens is 408 g/mol. The second-order valence-corrected chi connectivity index (χ2v) is 8.98. The maximum atomic E-state index is 12.2. The molecule has 0 aliphatic carbocycles. The fraction of sp³-hybridized carbons (Fsp3) is 0.286. The lowest BCUT2D eigenvalue weighted by molar-refractivity contribution is -0.146. The summed E-state index contributed by atoms with van der Waals surface area (Å²) < 4.78 is 29.3. The third-order valence-electron chi connectivity index (χ3n) is 4.14. The third kappa shape index (κ3) is 6.70. The number of carbonyl (C=O) groups is 3. The zero-order valence-corrected chi connectivity index (χ0v) is 17.9. The number of amides is 2. The number of nitrogens with one attached hydrogen (secondary N) is 1. The molecule has 0 aromatic heterocycles. The quantitative estimate of drug-likeness (QED) is 0.640. The fourth-order valence-electron chi connectivity index (χ4n) is 2.45. The Balaban J connectivity index is 1.79. The van der Waals surface area contributed by atoms with Gasteiger partial charge in [0, 0.05) is 25.3 Å². The number of hydrogen-bond donors (Lipinski definition) is 1. The smallest absolute Gasteiger partial charge is 0.307 e. The minimum absolute atomic E-state index is 0.134. The van der Waals surface area contributed by atoms with Gasteiger partial charge in [-0.05, 0) is 43.3 Å². The van der Waals surface area contributed by atoms with Crippen molar-refractivity contribution in [3.05, 3.63) is 59.7 Å². The Hall–Kier alpha value is -3.20. The second kappa shape index (κ2) is 10.0. The van der Waals surface area contributed by atoms with Crippen molar-refractivity contribution in [2.24, 2.45) is 0 Å². The largest absolute Gasteiger partial charge is 0.456 e. The van der Waals surface area contributed by atoms with Crippen LogP contribution in [0.25, 0.3) is 0 Å². The predicted octanol–water partition coefficient (Wildman–Crippen LogP) is 2.04. The van der Waals surface area contributed by atoms with Crippen LogP contribution < -0.4 is 5.32 Å². The summed E-state index contributed by atoms with van der Waals surface area (Å²) in [5, 5.41) is 2.54. The van der Waals surface area contributed by atoms with Gasteiger partial charge in [-0.3, -0.25) is 14.4 Å². The first-order valence-electron chi connectivity index (χ1n) is 9.15. The Kier molecular flexibility index (Phi) is 7.71. The van der Waals surface area contributed by atoms with E-state index in [2.05, 4.69) is 5.32 Å². The van der Waals surface area contributed by atoms with Gasteiger partial charge in [0.25, 0.3) is 11.8 Å². The number of hydrogen-bond acceptors (Lipinski definition) is 6. The highest BCUT2D eigenvalue weighted by atomic mass is 32.2. The van der Waals surface area contributed by atoms with Gasteiger partial charge in [0.2, 0.25) is 0 Å². The third-order valence-corrected chi connectivity index (χ3v) is 5.87. The number of rotatable bonds is 8. The molecule has 0 unspecified atom stereocenters. The molecule has 8 nitrogen and oxygen atoms in total. The van der Waals surface area contributed by atoms with E-state index in [0.717, 1.165) is 5.56 Å². The van der Waals surface area contributed by atoms with Crippen LogP contribution >= 0.6 is 0 Å². The van der Waals surface area contributed by atoms with E-state index in [-0.39, 0.29) is 17.2 Å². The van der Waals surface area contributed by atoms with E-state index in [1.807, 2.05) is 6.92 Å². The Labute approximate surface area is 175 Å². The van der Waals surface area contributed by atoms with E-state index in [0.29, 0.717) is 11.3 Å². The molecule has 0 aliphatic rings. The highest BCUT2D eigenvalue weighted by Crippen LogP contribution is 2.14. The molecule has 0 aliphatic heterocycles. The minimum Gasteiger partial charge on any atom is -0.456 e. The van der Waals surface area contributed by atoms with Crippen LogP contribution in [0.1, 0.15) is 22.3 Å². The van der Waals surface area contributed by atoms with Crippen LogP contribution in [0.15, 0.2) is 53.4 Å². The predicted molar refractivity (Wildman–Crippen MR) is 112 cm³/mol. The number of nitrogens with zero attached hydrogens (tertiary/aromatic N) is 1. The first kappa shape index (κ1) is 23.1. The van der Waals surface area contributed by atoms with E-state index >= 15 is 0 Å². The summed E-state index contributed by atoms with van der Waals surface area (Å²) in [6.45, 7) is 1.30. The lowest BCUT2D eigenvalue weighted by Crippen LogP contribution is -2.23. The summed E-state index contributed by atoms with van der Waals surface area (Å²) in [6, 6.07) is 12.6. The molecule has 0 spiro atoms. The molecule has 2 aromatic rings. The van der Waals surface area contributed by atoms with E-state index < -0.39 is 34.1 Å². The molecule has 2 amide bonds. The lowest BCUT2D eigenvalue weighted by atomic mass is 10.2. The van der Waals surface area contributed by atoms with Gasteiger partial charge in [-0.25, -0.2) is 8.42 Å². The van der Waals surface area contributed by atoms with Crippen LogP contribution in [0, 0.1) is 6.92 Å². The zero-order valence-electron chi connectivity index (χ0n) is 17.0. The maximum Gasteiger partial charge on any atom is 0.307 e. The number of benzene rings is 2. The summed E-state index contributed by atoms with van der Waals surface area (Å²) in [4.78, 5) is 37.1. The fourth-order valence-corrected chi connectivity index (χ4v) is 3.67. The zero-order chi connectivity index (χ0) is 22.3. The molecule has 9 heteroatoms. The Morgan fingerprint density at radius 1 is 0.967 bits per heavy atom. The minimum atomic E-state index is -3.61. The average Bonchev–Trinajstić information content (AvgIpc) is 2.71. The van der Waals surface area contributed by atoms with Gasteiger partial charge in [0.1, 0.15) is 0 Å². The topological polar surface area (TPSA) is 110 Å². The normalized spacial score (nSPS) is 10.9. The van der Waals surface area contributed by atoms with Crippen LogP contribution in [0.4, 0.5) is 5.69 Å². The summed E-state index contributed by atoms with van der Waals surface area (Å²) >= 11 is 0. The van der Waals surface area contributed by atoms with Crippen molar-refractivity contribution < 1.29 is 27.5 Å². The molecule has 0 radical (unpaired) electrons. The molecule has 2 rings (SSSR count). The van der Waals surface area contributed by atoms with Crippen molar-refractivity contribution >= 4 is 33.3 Å². The van der Waals surface area contributed by atoms with Gasteiger partial charge >= 0.3 is 5.97 Å². The maximum absolute atomic E-state index is 12.2. The van der Waals surface area contributed by atoms with Crippen molar-refractivity contribution in [1.29, 1.82) is 0 Å². The van der Waals surface area contributed by atoms with Crippen LogP contribution in [0.5, 0.6) is 0 Å². The van der Waals surface area contributed by atoms with Gasteiger partial charge in [-0.1, -0.05) is 17.7 Å². The number of aryl methyl sites for hydroxylation is 1. The van der Waals surface area contributed by atoms with Crippen LogP contribution in [0.2, 0.25) is 0 Å². The highest BCUT2D eigenvalue weighted by Gasteiger charge is 2.17. The van der Waals surface area contributed by atoms with Crippen LogP contribution in [-0.2, 0) is 24.2 Å². The SMILES string of the molecule is Cc1ccc(S(=O)(=O)CCC(=O)OCC(=O)Nc2ccc(C(=O)N(C)C)cc2)cc1. The van der Waals surface area contributed by atoms with Crippen LogP contribution in [0.3, 0.4) is 0 Å². The molecule has 2 aromatic carbocycles. The molecule has 1 N–H and O–H groups in total. The Bertz CT molecular complexity index is 1010. The highest BCUT2D eigenvalue weighted by molar-refractivity contribution is 7.91. The van der Waals surface area contributed by atoms with Gasteiger partial charge < -0.3 is 15.0 Å². The molecular formula is C21H24N2O6S. The van der Waals surface area contributed by atoms with Crippen LogP contribution in [-0.4, -0.2) is 57.6 Å². The summed E-state index contributed by atoms with van der Waals surface area (Å²) in [7, 11) is -0.334. The first-order chi connectivity index (χ1) is 14.1. The molecule has 0 atom stereocenters. The lowest BCUT2D eigenvalue weighted by Gasteiger charge is -2.11. The molecule has 0 bridgehead atoms. The van der Waals surface area contributed by atoms with E-state index in [4.69, 9.17) is 4.74 Å². The second-order valence-electron chi connectivity index (χ2n) is 6.87. The molecule has 0 saturated carbocycles. The number of sulfone groups is 1. The standard InChI is InChI=1S/C21H24N2O6S/c1-15-4-10-18(11-5-15)30(27,28)13-12-20(25)29-14-19(24)22-17-8-6-16(7-9-17)21(26)23(2)3/h4-11H,12-14H2,1-3H3,(H,22,24). The van der Waals surface area contributed by atoms with Crippen molar-refractivity contribution in [2.45, 2.75) is 18.2 Å². The summed E-state index contributed by atoms with van der Waals surface area (Å²) in [6.07, 6.45) is -0.356. The van der Waals surface area contributed by atoms with E-state index in [1.165, 1.54) is 17.0 Å². The average molecular weight is 432 g/mol. The summed E-state index contributed by atoms with van der Waals surface area (Å²) in [5.41, 5.74) is 1.84. The van der Waals surface area contributed by atoms with Crippen molar-refractivity contribution in [1.82, 2.24) is 4.90 Å². The molecule has 0 heterocycles. The van der Waals surface area contributed by atoms with Gasteiger partial charge in [0.15, 0.2) is 16.4 Å². The van der Waals surface area contributed by atoms with Crippen molar-refractivity contribution in [3.63, 3.8) is 0 Å². The summed E-state index contributed by atoms with van der Waals surface area (Å²) in [5.74, 6) is -1.93. The molecule has 160 valence electrons. The van der Waals surface area contributed by atoms with Crippen molar-refractivity contribution in [2.75, 3.05) is 31.8 Å².